The van der Waals surface area contributed by atoms with Crippen molar-refractivity contribution in [3.8, 4) is 11.8 Å². The van der Waals surface area contributed by atoms with Gasteiger partial charge in [-0.05, 0) is 12.1 Å². The van der Waals surface area contributed by atoms with Gasteiger partial charge in [-0.3, -0.25) is 0 Å². The van der Waals surface area contributed by atoms with Gasteiger partial charge in [-0.2, -0.15) is 5.26 Å². The Morgan fingerprint density at radius 3 is 2.78 bits per heavy atom. The van der Waals surface area contributed by atoms with Crippen molar-refractivity contribution >= 4 is 0 Å². The average molecular weight is 252 g/mol. The number of rotatable bonds is 6. The number of ether oxygens (including phenoxy) is 1. The minimum Gasteiger partial charge on any atom is -0.491 e. The van der Waals surface area contributed by atoms with Crippen LogP contribution in [0, 0.1) is 17.1 Å². The summed E-state index contributed by atoms with van der Waals surface area (Å²) in [4.78, 5) is 0. The predicted molar refractivity (Wildman–Crippen MR) is 65.8 cm³/mol. The van der Waals surface area contributed by atoms with Crippen LogP contribution in [0.1, 0.15) is 19.4 Å². The third-order valence-electron chi connectivity index (χ3n) is 2.27. The fourth-order valence-electron chi connectivity index (χ4n) is 1.30. The Hall–Kier alpha value is -1.64. The van der Waals surface area contributed by atoms with Crippen LogP contribution < -0.4 is 10.1 Å². The topological polar surface area (TPSA) is 65.3 Å². The monoisotopic (exact) mass is 252 g/mol. The zero-order valence-corrected chi connectivity index (χ0v) is 10.5. The number of halogens is 1. The largest absolute Gasteiger partial charge is 0.491 e. The highest BCUT2D eigenvalue weighted by molar-refractivity contribution is 5.36. The van der Waals surface area contributed by atoms with Crippen molar-refractivity contribution in [2.75, 3.05) is 13.2 Å². The van der Waals surface area contributed by atoms with Gasteiger partial charge < -0.3 is 15.2 Å². The van der Waals surface area contributed by atoms with Crippen molar-refractivity contribution in [1.82, 2.24) is 5.32 Å². The molecule has 0 aromatic heterocycles. The standard InChI is InChI=1S/C13H17FN2O2/c1-9(2)16-7-11(17)8-18-12-4-3-10(6-15)13(14)5-12/h3-5,9,11,16-17H,7-8H2,1-2H3. The van der Waals surface area contributed by atoms with Gasteiger partial charge in [-0.15, -0.1) is 0 Å². The number of nitrogens with zero attached hydrogens (tertiary/aromatic N) is 1. The molecule has 5 heteroatoms. The molecule has 1 unspecified atom stereocenters. The first-order valence-electron chi connectivity index (χ1n) is 5.77. The second kappa shape index (κ2) is 6.94. The lowest BCUT2D eigenvalue weighted by molar-refractivity contribution is 0.104. The zero-order valence-electron chi connectivity index (χ0n) is 10.5. The molecule has 1 atom stereocenters. The molecule has 0 radical (unpaired) electrons. The van der Waals surface area contributed by atoms with E-state index in [1.165, 1.54) is 12.1 Å². The lowest BCUT2D eigenvalue weighted by atomic mass is 10.2. The van der Waals surface area contributed by atoms with E-state index in [-0.39, 0.29) is 18.2 Å². The van der Waals surface area contributed by atoms with Gasteiger partial charge in [-0.25, -0.2) is 4.39 Å². The van der Waals surface area contributed by atoms with Crippen molar-refractivity contribution < 1.29 is 14.2 Å². The molecule has 0 heterocycles. The van der Waals surface area contributed by atoms with Crippen LogP contribution in [0.25, 0.3) is 0 Å². The molecule has 4 nitrogen and oxygen atoms in total. The summed E-state index contributed by atoms with van der Waals surface area (Å²) in [6.07, 6.45) is -0.661. The summed E-state index contributed by atoms with van der Waals surface area (Å²) in [5.41, 5.74) is -0.0237. The Kier molecular flexibility index (Phi) is 5.56. The molecule has 0 saturated carbocycles. The minimum atomic E-state index is -0.661. The van der Waals surface area contributed by atoms with Crippen molar-refractivity contribution in [2.45, 2.75) is 26.0 Å². The molecular formula is C13H17FN2O2. The third-order valence-corrected chi connectivity index (χ3v) is 2.27. The van der Waals surface area contributed by atoms with Gasteiger partial charge >= 0.3 is 0 Å². The maximum Gasteiger partial charge on any atom is 0.144 e. The molecule has 0 bridgehead atoms. The van der Waals surface area contributed by atoms with E-state index in [1.807, 2.05) is 13.8 Å². The van der Waals surface area contributed by atoms with E-state index in [0.717, 1.165) is 6.07 Å². The molecular weight excluding hydrogens is 235 g/mol. The van der Waals surface area contributed by atoms with Gasteiger partial charge in [0.1, 0.15) is 30.3 Å². The SMILES string of the molecule is CC(C)NCC(O)COc1ccc(C#N)c(F)c1. The molecule has 0 aliphatic carbocycles. The number of hydrogen-bond donors (Lipinski definition) is 2. The van der Waals surface area contributed by atoms with Crippen LogP contribution in [0.4, 0.5) is 4.39 Å². The first-order valence-corrected chi connectivity index (χ1v) is 5.77. The van der Waals surface area contributed by atoms with Crippen LogP contribution in [-0.2, 0) is 0 Å². The van der Waals surface area contributed by atoms with Crippen molar-refractivity contribution in [3.05, 3.63) is 29.6 Å². The highest BCUT2D eigenvalue weighted by atomic mass is 19.1. The van der Waals surface area contributed by atoms with Crippen LogP contribution >= 0.6 is 0 Å². The summed E-state index contributed by atoms with van der Waals surface area (Å²) >= 11 is 0. The normalized spacial score (nSPS) is 12.2. The highest BCUT2D eigenvalue weighted by Gasteiger charge is 2.08. The van der Waals surface area contributed by atoms with Crippen molar-refractivity contribution in [3.63, 3.8) is 0 Å². The third kappa shape index (κ3) is 4.70. The Morgan fingerprint density at radius 1 is 1.50 bits per heavy atom. The number of benzene rings is 1. The molecule has 1 rings (SSSR count). The van der Waals surface area contributed by atoms with Gasteiger partial charge in [0, 0.05) is 18.7 Å². The Bertz CT molecular complexity index is 429. The fourth-order valence-corrected chi connectivity index (χ4v) is 1.30. The number of aliphatic hydroxyl groups is 1. The maximum absolute atomic E-state index is 13.3. The van der Waals surface area contributed by atoms with E-state index in [4.69, 9.17) is 10.00 Å². The smallest absolute Gasteiger partial charge is 0.144 e. The fraction of sp³-hybridized carbons (Fsp3) is 0.462. The molecule has 0 aliphatic rings. The predicted octanol–water partition coefficient (Wildman–Crippen LogP) is 1.44. The molecule has 1 aromatic carbocycles. The summed E-state index contributed by atoms with van der Waals surface area (Å²) in [5.74, 6) is -0.320. The van der Waals surface area contributed by atoms with E-state index in [1.54, 1.807) is 6.07 Å². The molecule has 2 N–H and O–H groups in total. The van der Waals surface area contributed by atoms with E-state index in [2.05, 4.69) is 5.32 Å². The van der Waals surface area contributed by atoms with Crippen LogP contribution in [0.3, 0.4) is 0 Å². The number of nitrogens with one attached hydrogen (secondary N) is 1. The molecule has 0 aliphatic heterocycles. The number of hydrogen-bond acceptors (Lipinski definition) is 4. The van der Waals surface area contributed by atoms with Gasteiger partial charge in [0.05, 0.1) is 5.56 Å². The van der Waals surface area contributed by atoms with Gasteiger partial charge in [0.15, 0.2) is 0 Å². The molecule has 1 aromatic rings. The second-order valence-electron chi connectivity index (χ2n) is 4.28. The summed E-state index contributed by atoms with van der Waals surface area (Å²) in [6.45, 7) is 4.44. The average Bonchev–Trinajstić information content (AvgIpc) is 2.34. The van der Waals surface area contributed by atoms with Gasteiger partial charge in [0.2, 0.25) is 0 Å². The first-order chi connectivity index (χ1) is 8.52. The van der Waals surface area contributed by atoms with Crippen molar-refractivity contribution in [2.24, 2.45) is 0 Å². The Labute approximate surface area is 106 Å². The van der Waals surface area contributed by atoms with E-state index < -0.39 is 11.9 Å². The summed E-state index contributed by atoms with van der Waals surface area (Å²) < 4.78 is 18.5. The minimum absolute atomic E-state index is 0.0237. The highest BCUT2D eigenvalue weighted by Crippen LogP contribution is 2.16. The quantitative estimate of drug-likeness (QED) is 0.804. The number of aliphatic hydroxyl groups excluding tert-OH is 1. The van der Waals surface area contributed by atoms with E-state index >= 15 is 0 Å². The van der Waals surface area contributed by atoms with E-state index in [9.17, 15) is 9.50 Å². The van der Waals surface area contributed by atoms with Gasteiger partial charge in [0.25, 0.3) is 0 Å². The molecule has 98 valence electrons. The molecule has 0 fully saturated rings. The van der Waals surface area contributed by atoms with Crippen molar-refractivity contribution in [1.29, 1.82) is 5.26 Å². The van der Waals surface area contributed by atoms with Crippen LogP contribution in [0.15, 0.2) is 18.2 Å². The van der Waals surface area contributed by atoms with Crippen LogP contribution in [-0.4, -0.2) is 30.4 Å². The second-order valence-corrected chi connectivity index (χ2v) is 4.28. The summed E-state index contributed by atoms with van der Waals surface area (Å²) in [5, 5.41) is 21.2. The maximum atomic E-state index is 13.3. The van der Waals surface area contributed by atoms with E-state index in [0.29, 0.717) is 12.3 Å². The first kappa shape index (κ1) is 14.4. The Balaban J connectivity index is 2.44. The molecule has 18 heavy (non-hydrogen) atoms. The van der Waals surface area contributed by atoms with Gasteiger partial charge in [-0.1, -0.05) is 13.8 Å². The summed E-state index contributed by atoms with van der Waals surface area (Å²) in [7, 11) is 0. The molecule has 0 amide bonds. The lowest BCUT2D eigenvalue weighted by Gasteiger charge is -2.15. The summed E-state index contributed by atoms with van der Waals surface area (Å²) in [6, 6.07) is 6.01. The zero-order chi connectivity index (χ0) is 13.5. The molecule has 0 saturated heterocycles. The Morgan fingerprint density at radius 2 is 2.22 bits per heavy atom. The van der Waals surface area contributed by atoms with Crippen LogP contribution in [0.5, 0.6) is 5.75 Å². The lowest BCUT2D eigenvalue weighted by Crippen LogP contribution is -2.35. The number of nitriles is 1. The van der Waals surface area contributed by atoms with Crippen LogP contribution in [0.2, 0.25) is 0 Å². The molecule has 0 spiro atoms.